The van der Waals surface area contributed by atoms with Crippen molar-refractivity contribution in [3.8, 4) is 11.5 Å². The van der Waals surface area contributed by atoms with Gasteiger partial charge in [-0.2, -0.15) is 5.10 Å². The number of hydrogen-bond acceptors (Lipinski definition) is 4. The second kappa shape index (κ2) is 8.16. The Morgan fingerprint density at radius 3 is 2.71 bits per heavy atom. The highest BCUT2D eigenvalue weighted by atomic mass is 35.5. The SMILES string of the molecule is COc1cc(C=NN=C(N)N)ccc1OCc1c(F)cccc1Cl. The van der Waals surface area contributed by atoms with E-state index in [1.165, 1.54) is 25.5 Å². The van der Waals surface area contributed by atoms with Crippen LogP contribution >= 0.6 is 11.6 Å². The quantitative estimate of drug-likeness (QED) is 0.475. The number of benzene rings is 2. The number of nitrogens with two attached hydrogens (primary N) is 2. The lowest BCUT2D eigenvalue weighted by Gasteiger charge is -2.12. The predicted molar refractivity (Wildman–Crippen MR) is 92.1 cm³/mol. The summed E-state index contributed by atoms with van der Waals surface area (Å²) in [4.78, 5) is 0. The summed E-state index contributed by atoms with van der Waals surface area (Å²) in [6.07, 6.45) is 1.46. The lowest BCUT2D eigenvalue weighted by Crippen LogP contribution is -2.21. The number of ether oxygens (including phenoxy) is 2. The normalized spacial score (nSPS) is 10.6. The van der Waals surface area contributed by atoms with Crippen LogP contribution in [0.15, 0.2) is 46.6 Å². The summed E-state index contributed by atoms with van der Waals surface area (Å²) in [7, 11) is 1.50. The summed E-state index contributed by atoms with van der Waals surface area (Å²) in [6.45, 7) is -0.0245. The van der Waals surface area contributed by atoms with Gasteiger partial charge in [-0.25, -0.2) is 4.39 Å². The van der Waals surface area contributed by atoms with E-state index >= 15 is 0 Å². The molecule has 0 aliphatic rings. The van der Waals surface area contributed by atoms with Crippen LogP contribution in [-0.2, 0) is 6.61 Å². The van der Waals surface area contributed by atoms with Gasteiger partial charge in [0.05, 0.1) is 18.3 Å². The smallest absolute Gasteiger partial charge is 0.211 e. The molecule has 0 aliphatic heterocycles. The van der Waals surface area contributed by atoms with Crippen molar-refractivity contribution in [2.75, 3.05) is 7.11 Å². The first-order chi connectivity index (χ1) is 11.5. The Morgan fingerprint density at radius 2 is 2.04 bits per heavy atom. The van der Waals surface area contributed by atoms with E-state index in [0.29, 0.717) is 22.1 Å². The first-order valence-electron chi connectivity index (χ1n) is 6.87. The summed E-state index contributed by atoms with van der Waals surface area (Å²) < 4.78 is 24.6. The van der Waals surface area contributed by atoms with Crippen LogP contribution in [0.3, 0.4) is 0 Å². The van der Waals surface area contributed by atoms with Gasteiger partial charge in [0.1, 0.15) is 12.4 Å². The summed E-state index contributed by atoms with van der Waals surface area (Å²) >= 11 is 5.98. The molecule has 126 valence electrons. The minimum absolute atomic E-state index is 0.0245. The van der Waals surface area contributed by atoms with Crippen LogP contribution in [0.2, 0.25) is 5.02 Å². The van der Waals surface area contributed by atoms with Crippen LogP contribution in [0.1, 0.15) is 11.1 Å². The maximum absolute atomic E-state index is 13.8. The van der Waals surface area contributed by atoms with Crippen molar-refractivity contribution in [3.63, 3.8) is 0 Å². The van der Waals surface area contributed by atoms with E-state index in [1.807, 2.05) is 0 Å². The van der Waals surface area contributed by atoms with E-state index in [2.05, 4.69) is 10.2 Å². The Kier molecular flexibility index (Phi) is 5.97. The minimum atomic E-state index is -0.428. The fourth-order valence-corrected chi connectivity index (χ4v) is 2.08. The fraction of sp³-hybridized carbons (Fsp3) is 0.125. The Balaban J connectivity index is 2.16. The van der Waals surface area contributed by atoms with Crippen molar-refractivity contribution < 1.29 is 13.9 Å². The minimum Gasteiger partial charge on any atom is -0.493 e. The van der Waals surface area contributed by atoms with E-state index < -0.39 is 5.82 Å². The summed E-state index contributed by atoms with van der Waals surface area (Å²) in [5.74, 6) is 0.328. The second-order valence-corrected chi connectivity index (χ2v) is 5.08. The van der Waals surface area contributed by atoms with Crippen molar-refractivity contribution in [1.29, 1.82) is 0 Å². The zero-order chi connectivity index (χ0) is 17.5. The molecule has 0 aromatic heterocycles. The molecule has 0 amide bonds. The molecule has 8 heteroatoms. The van der Waals surface area contributed by atoms with Gasteiger partial charge >= 0.3 is 0 Å². The summed E-state index contributed by atoms with van der Waals surface area (Å²) in [6, 6.07) is 9.54. The Hall–Kier alpha value is -2.80. The molecule has 0 heterocycles. The van der Waals surface area contributed by atoms with Crippen molar-refractivity contribution in [2.45, 2.75) is 6.61 Å². The molecule has 0 radical (unpaired) electrons. The van der Waals surface area contributed by atoms with Crippen LogP contribution in [0.5, 0.6) is 11.5 Å². The van der Waals surface area contributed by atoms with Crippen LogP contribution in [0.4, 0.5) is 4.39 Å². The molecule has 0 saturated carbocycles. The average Bonchev–Trinajstić information content (AvgIpc) is 2.54. The third-order valence-electron chi connectivity index (χ3n) is 3.00. The maximum Gasteiger partial charge on any atom is 0.211 e. The summed E-state index contributed by atoms with van der Waals surface area (Å²) in [5, 5.41) is 7.52. The first-order valence-corrected chi connectivity index (χ1v) is 7.24. The van der Waals surface area contributed by atoms with Gasteiger partial charge in [0.25, 0.3) is 0 Å². The van der Waals surface area contributed by atoms with Gasteiger partial charge < -0.3 is 20.9 Å². The van der Waals surface area contributed by atoms with Crippen molar-refractivity contribution in [2.24, 2.45) is 21.7 Å². The third-order valence-corrected chi connectivity index (χ3v) is 3.36. The van der Waals surface area contributed by atoms with Gasteiger partial charge in [0, 0.05) is 5.56 Å². The van der Waals surface area contributed by atoms with E-state index in [-0.39, 0.29) is 18.1 Å². The van der Waals surface area contributed by atoms with Crippen LogP contribution in [-0.4, -0.2) is 19.3 Å². The molecular weight excluding hydrogens is 335 g/mol. The molecule has 0 unspecified atom stereocenters. The molecule has 0 fully saturated rings. The molecule has 2 aromatic carbocycles. The van der Waals surface area contributed by atoms with Gasteiger partial charge in [-0.1, -0.05) is 17.7 Å². The number of methoxy groups -OCH3 is 1. The topological polar surface area (TPSA) is 95.2 Å². The molecule has 0 atom stereocenters. The highest BCUT2D eigenvalue weighted by Gasteiger charge is 2.10. The van der Waals surface area contributed by atoms with Crippen LogP contribution in [0.25, 0.3) is 0 Å². The van der Waals surface area contributed by atoms with Crippen molar-refractivity contribution in [3.05, 3.63) is 58.4 Å². The van der Waals surface area contributed by atoms with Crippen LogP contribution < -0.4 is 20.9 Å². The number of hydrogen-bond donors (Lipinski definition) is 2. The predicted octanol–water partition coefficient (Wildman–Crippen LogP) is 2.67. The third kappa shape index (κ3) is 4.60. The highest BCUT2D eigenvalue weighted by Crippen LogP contribution is 2.29. The van der Waals surface area contributed by atoms with E-state index in [9.17, 15) is 4.39 Å². The highest BCUT2D eigenvalue weighted by molar-refractivity contribution is 6.31. The lowest BCUT2D eigenvalue weighted by atomic mass is 10.2. The Bertz CT molecular complexity index is 756. The molecule has 0 saturated heterocycles. The van der Waals surface area contributed by atoms with Crippen molar-refractivity contribution >= 4 is 23.8 Å². The lowest BCUT2D eigenvalue weighted by molar-refractivity contribution is 0.280. The van der Waals surface area contributed by atoms with Gasteiger partial charge in [-0.3, -0.25) is 0 Å². The number of guanidine groups is 1. The summed E-state index contributed by atoms with van der Waals surface area (Å²) in [5.41, 5.74) is 11.3. The van der Waals surface area contributed by atoms with Crippen LogP contribution in [0, 0.1) is 5.82 Å². The van der Waals surface area contributed by atoms with Gasteiger partial charge in [0.2, 0.25) is 5.96 Å². The molecule has 0 spiro atoms. The van der Waals surface area contributed by atoms with Gasteiger partial charge in [-0.05, 0) is 35.9 Å². The average molecular weight is 351 g/mol. The Labute approximate surface area is 143 Å². The molecular formula is C16H16ClFN4O2. The second-order valence-electron chi connectivity index (χ2n) is 4.67. The maximum atomic E-state index is 13.8. The molecule has 24 heavy (non-hydrogen) atoms. The molecule has 0 aliphatic carbocycles. The number of rotatable bonds is 6. The van der Waals surface area contributed by atoms with E-state index in [0.717, 1.165) is 0 Å². The molecule has 6 nitrogen and oxygen atoms in total. The van der Waals surface area contributed by atoms with Crippen molar-refractivity contribution in [1.82, 2.24) is 0 Å². The van der Waals surface area contributed by atoms with Gasteiger partial charge in [0.15, 0.2) is 11.5 Å². The molecule has 2 aromatic rings. The molecule has 2 rings (SSSR count). The largest absolute Gasteiger partial charge is 0.493 e. The van der Waals surface area contributed by atoms with Gasteiger partial charge in [-0.15, -0.1) is 5.10 Å². The fourth-order valence-electron chi connectivity index (χ4n) is 1.87. The molecule has 4 N–H and O–H groups in total. The van der Waals surface area contributed by atoms with E-state index in [1.54, 1.807) is 24.3 Å². The number of halogens is 2. The zero-order valence-electron chi connectivity index (χ0n) is 12.9. The Morgan fingerprint density at radius 1 is 1.25 bits per heavy atom. The number of nitrogens with zero attached hydrogens (tertiary/aromatic N) is 2. The standard InChI is InChI=1S/C16H16ClFN4O2/c1-23-15-7-10(8-21-22-16(19)20)5-6-14(15)24-9-11-12(17)3-2-4-13(11)18/h2-8H,9H2,1H3,(H4,19,20,22). The van der Waals surface area contributed by atoms with E-state index in [4.69, 9.17) is 32.5 Å². The zero-order valence-corrected chi connectivity index (χ0v) is 13.6. The monoisotopic (exact) mass is 350 g/mol. The molecule has 0 bridgehead atoms. The first kappa shape index (κ1) is 17.6.